The first kappa shape index (κ1) is 12.6. The molecule has 0 aliphatic rings. The second-order valence-corrected chi connectivity index (χ2v) is 4.84. The van der Waals surface area contributed by atoms with E-state index >= 15 is 0 Å². The summed E-state index contributed by atoms with van der Waals surface area (Å²) in [6.07, 6.45) is 0. The molecular weight excluding hydrogens is 253 g/mol. The van der Waals surface area contributed by atoms with Crippen LogP contribution in [-0.2, 0) is 5.75 Å². The van der Waals surface area contributed by atoms with Crippen LogP contribution in [0.4, 0.5) is 10.1 Å². The Balaban J connectivity index is 2.13. The van der Waals surface area contributed by atoms with E-state index in [9.17, 15) is 9.18 Å². The Morgan fingerprint density at radius 2 is 2.17 bits per heavy atom. The number of hydrogen-bond donors (Lipinski definition) is 2. The largest absolute Gasteiger partial charge is 0.399 e. The maximum Gasteiger partial charge on any atom is 0.251 e. The second kappa shape index (κ2) is 5.22. The van der Waals surface area contributed by atoms with Gasteiger partial charge < -0.3 is 10.7 Å². The Morgan fingerprint density at radius 1 is 1.39 bits per heavy atom. The van der Waals surface area contributed by atoms with Crippen molar-refractivity contribution < 1.29 is 4.39 Å². The van der Waals surface area contributed by atoms with Crippen molar-refractivity contribution in [2.24, 2.45) is 0 Å². The number of nitrogens with two attached hydrogens (primary N) is 1. The first-order valence-electron chi connectivity index (χ1n) is 5.28. The molecule has 18 heavy (non-hydrogen) atoms. The molecule has 0 amide bonds. The smallest absolute Gasteiger partial charge is 0.251 e. The van der Waals surface area contributed by atoms with Gasteiger partial charge in [0.25, 0.3) is 5.56 Å². The summed E-state index contributed by atoms with van der Waals surface area (Å²) < 4.78 is 13.1. The molecule has 94 valence electrons. The van der Waals surface area contributed by atoms with Gasteiger partial charge in [-0.3, -0.25) is 4.79 Å². The lowest BCUT2D eigenvalue weighted by Crippen LogP contribution is -2.08. The van der Waals surface area contributed by atoms with Crippen LogP contribution in [0.1, 0.15) is 11.3 Å². The quantitative estimate of drug-likeness (QED) is 0.506. The van der Waals surface area contributed by atoms with E-state index in [-0.39, 0.29) is 11.4 Å². The summed E-state index contributed by atoms with van der Waals surface area (Å²) in [5.74, 6) is 0.130. The van der Waals surface area contributed by atoms with Crippen molar-refractivity contribution in [3.05, 3.63) is 51.7 Å². The number of aromatic nitrogens is 2. The van der Waals surface area contributed by atoms with Gasteiger partial charge in [-0.1, -0.05) is 11.8 Å². The van der Waals surface area contributed by atoms with Gasteiger partial charge in [0.2, 0.25) is 0 Å². The van der Waals surface area contributed by atoms with Crippen LogP contribution in [0.5, 0.6) is 0 Å². The summed E-state index contributed by atoms with van der Waals surface area (Å²) in [5, 5.41) is 0.517. The summed E-state index contributed by atoms with van der Waals surface area (Å²) in [6, 6.07) is 5.80. The number of thioether (sulfide) groups is 1. The van der Waals surface area contributed by atoms with E-state index in [0.29, 0.717) is 22.3 Å². The van der Waals surface area contributed by atoms with Gasteiger partial charge in [0.05, 0.1) is 0 Å². The highest BCUT2D eigenvalue weighted by atomic mass is 32.2. The summed E-state index contributed by atoms with van der Waals surface area (Å²) in [7, 11) is 0. The molecule has 0 atom stereocenters. The molecule has 0 spiro atoms. The summed E-state index contributed by atoms with van der Waals surface area (Å²) in [4.78, 5) is 18.0. The average Bonchev–Trinajstić information content (AvgIpc) is 2.23. The fourth-order valence-electron chi connectivity index (χ4n) is 1.53. The molecule has 6 heteroatoms. The van der Waals surface area contributed by atoms with Crippen LogP contribution in [-0.4, -0.2) is 9.97 Å². The molecule has 1 aromatic heterocycles. The molecule has 0 unspecified atom stereocenters. The molecule has 3 N–H and O–H groups in total. The van der Waals surface area contributed by atoms with Crippen molar-refractivity contribution >= 4 is 17.4 Å². The van der Waals surface area contributed by atoms with Crippen LogP contribution in [0.25, 0.3) is 0 Å². The number of aromatic amines is 1. The third-order valence-electron chi connectivity index (χ3n) is 2.20. The van der Waals surface area contributed by atoms with Gasteiger partial charge in [0, 0.05) is 23.2 Å². The predicted octanol–water partition coefficient (Wildman–Crippen LogP) is 2.09. The number of nitrogens with one attached hydrogen (secondary N) is 1. The lowest BCUT2D eigenvalue weighted by Gasteiger charge is -2.03. The van der Waals surface area contributed by atoms with Crippen molar-refractivity contribution in [1.82, 2.24) is 9.97 Å². The maximum atomic E-state index is 13.1. The Kier molecular flexibility index (Phi) is 3.66. The van der Waals surface area contributed by atoms with Crippen molar-refractivity contribution in [3.8, 4) is 0 Å². The van der Waals surface area contributed by atoms with Crippen molar-refractivity contribution in [3.63, 3.8) is 0 Å². The molecular formula is C12H12FN3OS. The standard InChI is InChI=1S/C12H12FN3OS/c1-7-2-11(17)16-12(15-7)18-6-8-3-9(13)5-10(14)4-8/h2-5H,6,14H2,1H3,(H,15,16,17). The molecule has 1 aromatic carbocycles. The first-order valence-corrected chi connectivity index (χ1v) is 6.27. The highest BCUT2D eigenvalue weighted by Crippen LogP contribution is 2.20. The summed E-state index contributed by atoms with van der Waals surface area (Å²) in [6.45, 7) is 1.75. The zero-order valence-corrected chi connectivity index (χ0v) is 10.6. The monoisotopic (exact) mass is 265 g/mol. The summed E-state index contributed by atoms with van der Waals surface area (Å²) >= 11 is 1.33. The van der Waals surface area contributed by atoms with E-state index in [1.165, 1.54) is 30.0 Å². The minimum Gasteiger partial charge on any atom is -0.399 e. The first-order chi connectivity index (χ1) is 8.52. The van der Waals surface area contributed by atoms with Crippen molar-refractivity contribution in [1.29, 1.82) is 0 Å². The molecule has 0 radical (unpaired) electrons. The number of hydrogen-bond acceptors (Lipinski definition) is 4. The number of aryl methyl sites for hydroxylation is 1. The van der Waals surface area contributed by atoms with Gasteiger partial charge in [0.1, 0.15) is 5.82 Å². The third-order valence-corrected chi connectivity index (χ3v) is 3.15. The minimum absolute atomic E-state index is 0.191. The molecule has 0 saturated heterocycles. The average molecular weight is 265 g/mol. The predicted molar refractivity (Wildman–Crippen MR) is 70.0 cm³/mol. The van der Waals surface area contributed by atoms with Gasteiger partial charge in [-0.25, -0.2) is 9.37 Å². The number of nitrogens with zero attached hydrogens (tertiary/aromatic N) is 1. The number of halogens is 1. The molecule has 2 aromatic rings. The Bertz CT molecular complexity index is 607. The SMILES string of the molecule is Cc1cc(=O)[nH]c(SCc2cc(N)cc(F)c2)n1. The number of rotatable bonds is 3. The van der Waals surface area contributed by atoms with Crippen molar-refractivity contribution in [2.45, 2.75) is 17.8 Å². The van der Waals surface area contributed by atoms with Gasteiger partial charge in [-0.2, -0.15) is 0 Å². The van der Waals surface area contributed by atoms with Gasteiger partial charge in [0.15, 0.2) is 5.16 Å². The number of nitrogen functional groups attached to an aromatic ring is 1. The maximum absolute atomic E-state index is 13.1. The van der Waals surface area contributed by atoms with Crippen LogP contribution in [0.2, 0.25) is 0 Å². The third kappa shape index (κ3) is 3.33. The van der Waals surface area contributed by atoms with E-state index in [4.69, 9.17) is 5.73 Å². The lowest BCUT2D eigenvalue weighted by atomic mass is 10.2. The van der Waals surface area contributed by atoms with Crippen LogP contribution in [0, 0.1) is 12.7 Å². The Labute approximate surface area is 107 Å². The van der Waals surface area contributed by atoms with E-state index in [1.807, 2.05) is 0 Å². The van der Waals surface area contributed by atoms with E-state index in [2.05, 4.69) is 9.97 Å². The molecule has 0 aliphatic carbocycles. The normalized spacial score (nSPS) is 10.6. The minimum atomic E-state index is -0.365. The number of H-pyrrole nitrogens is 1. The highest BCUT2D eigenvalue weighted by Gasteiger charge is 2.03. The van der Waals surface area contributed by atoms with Crippen LogP contribution in [0.15, 0.2) is 34.2 Å². The van der Waals surface area contributed by atoms with E-state index in [1.54, 1.807) is 13.0 Å². The molecule has 2 rings (SSSR count). The number of anilines is 1. The van der Waals surface area contributed by atoms with E-state index < -0.39 is 0 Å². The molecule has 0 fully saturated rings. The highest BCUT2D eigenvalue weighted by molar-refractivity contribution is 7.98. The molecule has 0 aliphatic heterocycles. The molecule has 0 bridgehead atoms. The number of benzene rings is 1. The lowest BCUT2D eigenvalue weighted by molar-refractivity contribution is 0.627. The summed E-state index contributed by atoms with van der Waals surface area (Å²) in [5.41, 5.74) is 7.15. The van der Waals surface area contributed by atoms with Crippen LogP contribution < -0.4 is 11.3 Å². The van der Waals surface area contributed by atoms with Gasteiger partial charge in [-0.05, 0) is 30.7 Å². The molecule has 4 nitrogen and oxygen atoms in total. The van der Waals surface area contributed by atoms with Gasteiger partial charge >= 0.3 is 0 Å². The Hall–Kier alpha value is -1.82. The van der Waals surface area contributed by atoms with Gasteiger partial charge in [-0.15, -0.1) is 0 Å². The zero-order chi connectivity index (χ0) is 13.1. The fraction of sp³-hybridized carbons (Fsp3) is 0.167. The zero-order valence-electron chi connectivity index (χ0n) is 9.74. The molecule has 0 saturated carbocycles. The van der Waals surface area contributed by atoms with Crippen LogP contribution in [0.3, 0.4) is 0 Å². The topological polar surface area (TPSA) is 71.8 Å². The van der Waals surface area contributed by atoms with E-state index in [0.717, 1.165) is 5.56 Å². The van der Waals surface area contributed by atoms with Crippen molar-refractivity contribution in [2.75, 3.05) is 5.73 Å². The fourth-order valence-corrected chi connectivity index (χ4v) is 2.38. The second-order valence-electron chi connectivity index (χ2n) is 3.87. The van der Waals surface area contributed by atoms with Crippen LogP contribution >= 0.6 is 11.8 Å². The Morgan fingerprint density at radius 3 is 2.83 bits per heavy atom. The molecule has 1 heterocycles.